The lowest BCUT2D eigenvalue weighted by Crippen LogP contribution is -2.19. The topological polar surface area (TPSA) is 43.4 Å². The zero-order chi connectivity index (χ0) is 22.6. The van der Waals surface area contributed by atoms with Crippen LogP contribution in [0.1, 0.15) is 92.9 Å². The van der Waals surface area contributed by atoms with Gasteiger partial charge in [0.1, 0.15) is 0 Å². The van der Waals surface area contributed by atoms with Crippen LogP contribution in [-0.4, -0.2) is 11.9 Å². The quantitative estimate of drug-likeness (QED) is 0.122. The van der Waals surface area contributed by atoms with E-state index in [-0.39, 0.29) is 5.41 Å². The van der Waals surface area contributed by atoms with Gasteiger partial charge in [-0.1, -0.05) is 81.6 Å². The molecule has 0 fully saturated rings. The molecule has 0 radical (unpaired) electrons. The molecule has 0 saturated carbocycles. The minimum Gasteiger partial charge on any atom is -0.390 e. The summed E-state index contributed by atoms with van der Waals surface area (Å²) in [5.41, 5.74) is 5.07. The standard InChI is InChI=1S/C27H40O3/c1-7-8-9-10-16-25(28)30-26(29)20-22(3)14-11-13-21(2)17-18-24-23(4)15-12-19-27(24,5)6/h11,13-14,17-18,20H,7-10,12,15-16,19H2,1-6H3/b14-11+,18-17+,21-13+,22-20+. The first-order chi connectivity index (χ1) is 14.2. The molecular formula is C27H40O3. The van der Waals surface area contributed by atoms with Crippen LogP contribution in [0.15, 0.2) is 58.7 Å². The second-order valence-electron chi connectivity index (χ2n) is 9.03. The molecule has 0 aliphatic heterocycles. The van der Waals surface area contributed by atoms with E-state index in [4.69, 9.17) is 4.74 Å². The van der Waals surface area contributed by atoms with Crippen LogP contribution in [-0.2, 0) is 14.3 Å². The summed E-state index contributed by atoms with van der Waals surface area (Å²) in [4.78, 5) is 23.5. The van der Waals surface area contributed by atoms with Crippen molar-refractivity contribution in [2.75, 3.05) is 0 Å². The molecule has 0 bridgehead atoms. The molecule has 0 aromatic rings. The zero-order valence-corrected chi connectivity index (χ0v) is 19.8. The van der Waals surface area contributed by atoms with Crippen molar-refractivity contribution >= 4 is 11.9 Å². The monoisotopic (exact) mass is 412 g/mol. The van der Waals surface area contributed by atoms with Crippen molar-refractivity contribution in [2.24, 2.45) is 5.41 Å². The SMILES string of the molecule is CCCCCCC(=O)OC(=O)/C=C(C)/C=C/C=C(C)/C=C/C1=C(C)CCCC1(C)C. The fourth-order valence-corrected chi connectivity index (χ4v) is 3.76. The van der Waals surface area contributed by atoms with E-state index in [1.54, 1.807) is 0 Å². The predicted octanol–water partition coefficient (Wildman–Crippen LogP) is 7.56. The number of allylic oxidation sites excluding steroid dienone is 9. The van der Waals surface area contributed by atoms with Gasteiger partial charge in [0.15, 0.2) is 0 Å². The smallest absolute Gasteiger partial charge is 0.338 e. The molecule has 0 saturated heterocycles. The van der Waals surface area contributed by atoms with Crippen molar-refractivity contribution in [3.63, 3.8) is 0 Å². The summed E-state index contributed by atoms with van der Waals surface area (Å²) in [6, 6.07) is 0. The highest BCUT2D eigenvalue weighted by Gasteiger charge is 2.26. The average Bonchev–Trinajstić information content (AvgIpc) is 2.64. The minimum absolute atomic E-state index is 0.238. The highest BCUT2D eigenvalue weighted by Crippen LogP contribution is 2.40. The van der Waals surface area contributed by atoms with Gasteiger partial charge in [0.2, 0.25) is 0 Å². The zero-order valence-electron chi connectivity index (χ0n) is 19.8. The Kier molecular flexibility index (Phi) is 11.4. The minimum atomic E-state index is -0.597. The Labute approximate surface area is 183 Å². The first-order valence-electron chi connectivity index (χ1n) is 11.3. The number of rotatable bonds is 10. The highest BCUT2D eigenvalue weighted by molar-refractivity contribution is 5.92. The van der Waals surface area contributed by atoms with Gasteiger partial charge in [-0.25, -0.2) is 4.79 Å². The molecule has 0 atom stereocenters. The summed E-state index contributed by atoms with van der Waals surface area (Å²) in [6.07, 6.45) is 19.5. The van der Waals surface area contributed by atoms with E-state index in [9.17, 15) is 9.59 Å². The lowest BCUT2D eigenvalue weighted by atomic mass is 9.72. The average molecular weight is 413 g/mol. The third-order valence-corrected chi connectivity index (χ3v) is 5.57. The van der Waals surface area contributed by atoms with Crippen molar-refractivity contribution in [3.05, 3.63) is 58.7 Å². The summed E-state index contributed by atoms with van der Waals surface area (Å²) < 4.78 is 4.84. The first-order valence-corrected chi connectivity index (χ1v) is 11.3. The van der Waals surface area contributed by atoms with E-state index < -0.39 is 11.9 Å². The molecule has 166 valence electrons. The van der Waals surface area contributed by atoms with Gasteiger partial charge < -0.3 is 4.74 Å². The maximum Gasteiger partial charge on any atom is 0.338 e. The van der Waals surface area contributed by atoms with Crippen LogP contribution in [0.25, 0.3) is 0 Å². The van der Waals surface area contributed by atoms with E-state index in [1.807, 2.05) is 25.2 Å². The van der Waals surface area contributed by atoms with Crippen molar-refractivity contribution in [1.29, 1.82) is 0 Å². The predicted molar refractivity (Wildman–Crippen MR) is 126 cm³/mol. The fraction of sp³-hybridized carbons (Fsp3) is 0.556. The number of esters is 2. The maximum atomic E-state index is 11.8. The number of hydrogen-bond donors (Lipinski definition) is 0. The third-order valence-electron chi connectivity index (χ3n) is 5.57. The molecule has 30 heavy (non-hydrogen) atoms. The highest BCUT2D eigenvalue weighted by atomic mass is 16.6. The van der Waals surface area contributed by atoms with Crippen LogP contribution in [0.5, 0.6) is 0 Å². The van der Waals surface area contributed by atoms with E-state index in [1.165, 1.54) is 36.5 Å². The third kappa shape index (κ3) is 10.0. The van der Waals surface area contributed by atoms with Crippen LogP contribution >= 0.6 is 0 Å². The number of unbranched alkanes of at least 4 members (excludes halogenated alkanes) is 3. The number of ether oxygens (including phenoxy) is 1. The number of hydrogen-bond acceptors (Lipinski definition) is 3. The molecule has 1 rings (SSSR count). The van der Waals surface area contributed by atoms with Gasteiger partial charge in [-0.3, -0.25) is 4.79 Å². The molecule has 0 aromatic carbocycles. The molecule has 0 unspecified atom stereocenters. The van der Waals surface area contributed by atoms with Crippen molar-refractivity contribution in [2.45, 2.75) is 92.9 Å². The Balaban J connectivity index is 2.57. The van der Waals surface area contributed by atoms with Crippen LogP contribution in [0.3, 0.4) is 0 Å². The summed E-state index contributed by atoms with van der Waals surface area (Å²) in [5, 5.41) is 0. The van der Waals surface area contributed by atoms with Crippen LogP contribution in [0, 0.1) is 5.41 Å². The molecule has 0 amide bonds. The second kappa shape index (κ2) is 13.2. The first kappa shape index (κ1) is 25.9. The molecule has 1 aliphatic carbocycles. The Morgan fingerprint density at radius 2 is 1.80 bits per heavy atom. The maximum absolute atomic E-state index is 11.8. The van der Waals surface area contributed by atoms with Crippen molar-refractivity contribution in [1.82, 2.24) is 0 Å². The number of carbonyl (C=O) groups excluding carboxylic acids is 2. The molecule has 0 N–H and O–H groups in total. The molecular weight excluding hydrogens is 372 g/mol. The van der Waals surface area contributed by atoms with Crippen LogP contribution in [0.4, 0.5) is 0 Å². The Morgan fingerprint density at radius 1 is 1.07 bits per heavy atom. The summed E-state index contributed by atoms with van der Waals surface area (Å²) in [7, 11) is 0. The van der Waals surface area contributed by atoms with E-state index in [0.717, 1.165) is 36.8 Å². The molecule has 0 spiro atoms. The van der Waals surface area contributed by atoms with Gasteiger partial charge >= 0.3 is 11.9 Å². The van der Waals surface area contributed by atoms with E-state index >= 15 is 0 Å². The summed E-state index contributed by atoms with van der Waals surface area (Å²) >= 11 is 0. The molecule has 3 nitrogen and oxygen atoms in total. The van der Waals surface area contributed by atoms with Gasteiger partial charge in [0.05, 0.1) is 0 Å². The van der Waals surface area contributed by atoms with Crippen molar-refractivity contribution in [3.8, 4) is 0 Å². The van der Waals surface area contributed by atoms with Gasteiger partial charge in [0.25, 0.3) is 0 Å². The van der Waals surface area contributed by atoms with Crippen LogP contribution in [0.2, 0.25) is 0 Å². The van der Waals surface area contributed by atoms with E-state index in [2.05, 4.69) is 46.8 Å². The molecule has 0 aromatic heterocycles. The molecule has 3 heteroatoms. The lowest BCUT2D eigenvalue weighted by molar-refractivity contribution is -0.156. The van der Waals surface area contributed by atoms with Gasteiger partial charge in [-0.2, -0.15) is 0 Å². The Hall–Kier alpha value is -2.16. The van der Waals surface area contributed by atoms with Crippen molar-refractivity contribution < 1.29 is 14.3 Å². The molecule has 1 aliphatic rings. The Morgan fingerprint density at radius 3 is 2.47 bits per heavy atom. The van der Waals surface area contributed by atoms with Gasteiger partial charge in [-0.15, -0.1) is 0 Å². The van der Waals surface area contributed by atoms with Gasteiger partial charge in [0, 0.05) is 12.5 Å². The second-order valence-corrected chi connectivity index (χ2v) is 9.03. The van der Waals surface area contributed by atoms with E-state index in [0.29, 0.717) is 6.42 Å². The summed E-state index contributed by atoms with van der Waals surface area (Å²) in [5.74, 6) is -1.04. The fourth-order valence-electron chi connectivity index (χ4n) is 3.76. The lowest BCUT2D eigenvalue weighted by Gasteiger charge is -2.32. The molecule has 0 heterocycles. The summed E-state index contributed by atoms with van der Waals surface area (Å²) in [6.45, 7) is 12.9. The number of carbonyl (C=O) groups is 2. The van der Waals surface area contributed by atoms with Gasteiger partial charge in [-0.05, 0) is 63.0 Å². The normalized spacial score (nSPS) is 17.8. The Bertz CT molecular complexity index is 742. The van der Waals surface area contributed by atoms with Crippen LogP contribution < -0.4 is 0 Å². The largest absolute Gasteiger partial charge is 0.390 e.